The maximum absolute atomic E-state index is 5.64. The topological polar surface area (TPSA) is 46.6 Å². The lowest BCUT2D eigenvalue weighted by molar-refractivity contribution is -0.118. The third-order valence-electron chi connectivity index (χ3n) is 4.09. The Hall–Kier alpha value is -1.33. The highest BCUT2D eigenvalue weighted by atomic mass is 16.5. The van der Waals surface area contributed by atoms with E-state index >= 15 is 0 Å². The number of pyridine rings is 1. The molecule has 3 unspecified atom stereocenters. The summed E-state index contributed by atoms with van der Waals surface area (Å²) in [7, 11) is 1.74. The van der Waals surface area contributed by atoms with Crippen molar-refractivity contribution < 1.29 is 9.47 Å². The molecular weight excluding hydrogens is 266 g/mol. The highest BCUT2D eigenvalue weighted by molar-refractivity contribution is 5.49. The summed E-state index contributed by atoms with van der Waals surface area (Å²) < 4.78 is 11.2. The number of nitrogens with one attached hydrogen (secondary N) is 1. The highest BCUT2D eigenvalue weighted by Gasteiger charge is 2.42. The van der Waals surface area contributed by atoms with E-state index in [-0.39, 0.29) is 12.2 Å². The van der Waals surface area contributed by atoms with Gasteiger partial charge in [-0.3, -0.25) is 0 Å². The Morgan fingerprint density at radius 1 is 1.29 bits per heavy atom. The van der Waals surface area contributed by atoms with Gasteiger partial charge in [0.05, 0.1) is 24.0 Å². The summed E-state index contributed by atoms with van der Waals surface area (Å²) >= 11 is 0. The van der Waals surface area contributed by atoms with Crippen LogP contribution in [-0.4, -0.2) is 50.0 Å². The quantitative estimate of drug-likeness (QED) is 0.798. The van der Waals surface area contributed by atoms with Crippen molar-refractivity contribution in [3.05, 3.63) is 18.3 Å². The summed E-state index contributed by atoms with van der Waals surface area (Å²) in [6.45, 7) is 8.98. The molecule has 0 bridgehead atoms. The molecule has 2 rings (SSSR count). The van der Waals surface area contributed by atoms with Crippen LogP contribution in [0, 0.1) is 0 Å². The Balaban J connectivity index is 1.92. The van der Waals surface area contributed by atoms with Gasteiger partial charge in [-0.25, -0.2) is 4.98 Å². The predicted octanol–water partition coefficient (Wildman–Crippen LogP) is 2.53. The van der Waals surface area contributed by atoms with Crippen molar-refractivity contribution >= 4 is 11.5 Å². The largest absolute Gasteiger partial charge is 0.378 e. The van der Waals surface area contributed by atoms with Gasteiger partial charge in [0, 0.05) is 26.8 Å². The highest BCUT2D eigenvalue weighted by Crippen LogP contribution is 2.30. The average molecular weight is 293 g/mol. The van der Waals surface area contributed by atoms with Crippen LogP contribution in [0.25, 0.3) is 0 Å². The van der Waals surface area contributed by atoms with E-state index < -0.39 is 0 Å². The van der Waals surface area contributed by atoms with Crippen molar-refractivity contribution in [1.29, 1.82) is 0 Å². The van der Waals surface area contributed by atoms with Crippen molar-refractivity contribution in [2.45, 2.75) is 45.4 Å². The SMILES string of the molecule is CCOC1CC(Nc2ccc(N(CC)CC)nc2)C1OC. The zero-order valence-corrected chi connectivity index (χ0v) is 13.5. The zero-order valence-electron chi connectivity index (χ0n) is 13.5. The van der Waals surface area contributed by atoms with Crippen LogP contribution in [0.2, 0.25) is 0 Å². The van der Waals surface area contributed by atoms with Gasteiger partial charge in [0.1, 0.15) is 11.9 Å². The van der Waals surface area contributed by atoms with Crippen LogP contribution in [-0.2, 0) is 9.47 Å². The summed E-state index contributed by atoms with van der Waals surface area (Å²) in [4.78, 5) is 6.76. The third-order valence-corrected chi connectivity index (χ3v) is 4.09. The van der Waals surface area contributed by atoms with Gasteiger partial charge < -0.3 is 19.7 Å². The minimum Gasteiger partial charge on any atom is -0.378 e. The van der Waals surface area contributed by atoms with E-state index in [0.29, 0.717) is 6.04 Å². The molecule has 1 heterocycles. The van der Waals surface area contributed by atoms with E-state index in [9.17, 15) is 0 Å². The maximum atomic E-state index is 5.64. The van der Waals surface area contributed by atoms with Crippen molar-refractivity contribution in [3.63, 3.8) is 0 Å². The maximum Gasteiger partial charge on any atom is 0.128 e. The van der Waals surface area contributed by atoms with Crippen LogP contribution in [0.15, 0.2) is 18.3 Å². The van der Waals surface area contributed by atoms with E-state index in [1.165, 1.54) is 0 Å². The Labute approximate surface area is 127 Å². The second-order valence-corrected chi connectivity index (χ2v) is 5.26. The molecule has 1 fully saturated rings. The van der Waals surface area contributed by atoms with Crippen LogP contribution in [0.4, 0.5) is 11.5 Å². The molecule has 0 aliphatic heterocycles. The monoisotopic (exact) mass is 293 g/mol. The Kier molecular flexibility index (Phi) is 5.82. The van der Waals surface area contributed by atoms with Crippen molar-refractivity contribution in [2.75, 3.05) is 37.0 Å². The third kappa shape index (κ3) is 3.66. The van der Waals surface area contributed by atoms with E-state index in [0.717, 1.165) is 37.6 Å². The molecule has 0 radical (unpaired) electrons. The molecule has 1 aromatic rings. The number of hydrogen-bond acceptors (Lipinski definition) is 5. The normalized spacial score (nSPS) is 24.5. The van der Waals surface area contributed by atoms with Crippen LogP contribution in [0.3, 0.4) is 0 Å². The Morgan fingerprint density at radius 2 is 2.05 bits per heavy atom. The second kappa shape index (κ2) is 7.61. The number of hydrogen-bond donors (Lipinski definition) is 1. The molecular formula is C16H27N3O2. The molecule has 5 nitrogen and oxygen atoms in total. The number of rotatable bonds is 8. The molecule has 1 saturated carbocycles. The molecule has 1 aromatic heterocycles. The van der Waals surface area contributed by atoms with Crippen LogP contribution in [0.5, 0.6) is 0 Å². The first-order valence-corrected chi connectivity index (χ1v) is 7.85. The first kappa shape index (κ1) is 16.0. The molecule has 1 N–H and O–H groups in total. The lowest BCUT2D eigenvalue weighted by Crippen LogP contribution is -2.56. The standard InChI is InChI=1S/C16H27N3O2/c1-5-19(6-2)15-9-8-12(11-17-15)18-13-10-14(21-7-3)16(13)20-4/h8-9,11,13-14,16,18H,5-7,10H2,1-4H3. The molecule has 118 valence electrons. The Bertz CT molecular complexity index is 420. The fraction of sp³-hybridized carbons (Fsp3) is 0.688. The van der Waals surface area contributed by atoms with E-state index in [4.69, 9.17) is 9.47 Å². The summed E-state index contributed by atoms with van der Waals surface area (Å²) in [5, 5.41) is 3.48. The van der Waals surface area contributed by atoms with Gasteiger partial charge in [-0.1, -0.05) is 0 Å². The number of nitrogens with zero attached hydrogens (tertiary/aromatic N) is 2. The van der Waals surface area contributed by atoms with E-state index in [1.54, 1.807) is 7.11 Å². The number of anilines is 2. The molecule has 5 heteroatoms. The average Bonchev–Trinajstić information content (AvgIpc) is 2.49. The molecule has 21 heavy (non-hydrogen) atoms. The minimum atomic E-state index is 0.118. The zero-order chi connectivity index (χ0) is 15.2. The molecule has 0 amide bonds. The van der Waals surface area contributed by atoms with Gasteiger partial charge in [-0.15, -0.1) is 0 Å². The summed E-state index contributed by atoms with van der Waals surface area (Å²) in [5.41, 5.74) is 1.04. The van der Waals surface area contributed by atoms with Gasteiger partial charge in [0.2, 0.25) is 0 Å². The molecule has 1 aliphatic rings. The molecule has 3 atom stereocenters. The molecule has 0 aromatic carbocycles. The number of ether oxygens (including phenoxy) is 2. The Morgan fingerprint density at radius 3 is 2.57 bits per heavy atom. The number of aromatic nitrogens is 1. The van der Waals surface area contributed by atoms with E-state index in [2.05, 4.69) is 41.2 Å². The first-order chi connectivity index (χ1) is 10.2. The fourth-order valence-corrected chi connectivity index (χ4v) is 2.84. The molecule has 0 spiro atoms. The van der Waals surface area contributed by atoms with Gasteiger partial charge in [0.15, 0.2) is 0 Å². The van der Waals surface area contributed by atoms with Gasteiger partial charge >= 0.3 is 0 Å². The fourth-order valence-electron chi connectivity index (χ4n) is 2.84. The van der Waals surface area contributed by atoms with Crippen LogP contribution < -0.4 is 10.2 Å². The van der Waals surface area contributed by atoms with Crippen molar-refractivity contribution in [2.24, 2.45) is 0 Å². The first-order valence-electron chi connectivity index (χ1n) is 7.85. The second-order valence-electron chi connectivity index (χ2n) is 5.26. The minimum absolute atomic E-state index is 0.118. The van der Waals surface area contributed by atoms with Gasteiger partial charge in [-0.05, 0) is 39.3 Å². The van der Waals surface area contributed by atoms with E-state index in [1.807, 2.05) is 13.1 Å². The van der Waals surface area contributed by atoms with Crippen LogP contribution in [0.1, 0.15) is 27.2 Å². The lowest BCUT2D eigenvalue weighted by atomic mass is 9.85. The summed E-state index contributed by atoms with van der Waals surface area (Å²) in [5.74, 6) is 1.02. The predicted molar refractivity (Wildman–Crippen MR) is 86.0 cm³/mol. The lowest BCUT2D eigenvalue weighted by Gasteiger charge is -2.43. The van der Waals surface area contributed by atoms with Gasteiger partial charge in [-0.2, -0.15) is 0 Å². The van der Waals surface area contributed by atoms with Crippen molar-refractivity contribution in [1.82, 2.24) is 4.98 Å². The molecule has 0 saturated heterocycles. The van der Waals surface area contributed by atoms with Crippen LogP contribution >= 0.6 is 0 Å². The summed E-state index contributed by atoms with van der Waals surface area (Å²) in [6, 6.07) is 4.45. The molecule has 1 aliphatic carbocycles. The smallest absolute Gasteiger partial charge is 0.128 e. The van der Waals surface area contributed by atoms with Crippen molar-refractivity contribution in [3.8, 4) is 0 Å². The number of methoxy groups -OCH3 is 1. The van der Waals surface area contributed by atoms with Gasteiger partial charge in [0.25, 0.3) is 0 Å². The summed E-state index contributed by atoms with van der Waals surface area (Å²) in [6.07, 6.45) is 3.20.